The van der Waals surface area contributed by atoms with Gasteiger partial charge in [-0.05, 0) is 36.8 Å². The number of aldehydes is 1. The number of allylic oxidation sites excluding steroid dienone is 1. The fourth-order valence-corrected chi connectivity index (χ4v) is 3.81. The zero-order valence-corrected chi connectivity index (χ0v) is 16.8. The molecule has 1 aliphatic rings. The molecule has 0 unspecified atom stereocenters. The van der Waals surface area contributed by atoms with E-state index in [1.54, 1.807) is 12.4 Å². The van der Waals surface area contributed by atoms with E-state index in [1.807, 2.05) is 31.3 Å². The number of nitrogen functional groups attached to an aromatic ring is 1. The molecule has 2 aromatic heterocycles. The van der Waals surface area contributed by atoms with E-state index in [9.17, 15) is 4.79 Å². The van der Waals surface area contributed by atoms with Crippen molar-refractivity contribution in [3.63, 3.8) is 0 Å². The molecule has 3 aromatic rings. The van der Waals surface area contributed by atoms with Crippen molar-refractivity contribution in [1.29, 1.82) is 0 Å². The first-order valence-corrected chi connectivity index (χ1v) is 9.73. The van der Waals surface area contributed by atoms with Gasteiger partial charge in [-0.2, -0.15) is 0 Å². The van der Waals surface area contributed by atoms with Crippen LogP contribution < -0.4 is 10.6 Å². The van der Waals surface area contributed by atoms with Crippen molar-refractivity contribution >= 4 is 40.4 Å². The number of carbonyl (C=O) groups excluding carboxylic acids is 1. The van der Waals surface area contributed by atoms with E-state index in [2.05, 4.69) is 24.8 Å². The third-order valence-electron chi connectivity index (χ3n) is 5.07. The van der Waals surface area contributed by atoms with E-state index in [0.29, 0.717) is 10.8 Å². The number of aryl methyl sites for hydroxylation is 1. The highest BCUT2D eigenvalue weighted by molar-refractivity contribution is 6.34. The van der Waals surface area contributed by atoms with Crippen molar-refractivity contribution < 1.29 is 4.79 Å². The number of fused-ring (bicyclic) bond motifs is 1. The summed E-state index contributed by atoms with van der Waals surface area (Å²) in [5.41, 5.74) is 9.24. The monoisotopic (exact) mass is 408 g/mol. The minimum absolute atomic E-state index is 0.451. The minimum atomic E-state index is 0.451. The molecule has 2 N–H and O–H groups in total. The van der Waals surface area contributed by atoms with Gasteiger partial charge in [-0.25, -0.2) is 15.0 Å². The Labute approximate surface area is 173 Å². The number of hydrogen-bond donors (Lipinski definition) is 1. The Morgan fingerprint density at radius 3 is 2.69 bits per heavy atom. The maximum atomic E-state index is 10.5. The van der Waals surface area contributed by atoms with Crippen LogP contribution >= 0.6 is 11.6 Å². The number of hydrogen-bond acceptors (Lipinski definition) is 7. The smallest absolute Gasteiger partial charge is 0.144 e. The molecule has 29 heavy (non-hydrogen) atoms. The molecule has 0 saturated carbocycles. The van der Waals surface area contributed by atoms with Crippen LogP contribution in [0.4, 0.5) is 11.6 Å². The van der Waals surface area contributed by atoms with E-state index in [1.165, 1.54) is 6.08 Å². The van der Waals surface area contributed by atoms with E-state index in [4.69, 9.17) is 17.3 Å². The molecule has 0 radical (unpaired) electrons. The molecule has 1 fully saturated rings. The second-order valence-electron chi connectivity index (χ2n) is 6.95. The molecule has 0 aliphatic carbocycles. The topological polar surface area (TPSA) is 88.2 Å². The third-order valence-corrected chi connectivity index (χ3v) is 5.38. The third kappa shape index (κ3) is 3.86. The van der Waals surface area contributed by atoms with Gasteiger partial charge < -0.3 is 15.5 Å². The molecule has 0 atom stereocenters. The molecule has 0 bridgehead atoms. The summed E-state index contributed by atoms with van der Waals surface area (Å²) in [5.74, 6) is 1.31. The molecule has 7 nitrogen and oxygen atoms in total. The highest BCUT2D eigenvalue weighted by atomic mass is 35.5. The van der Waals surface area contributed by atoms with Gasteiger partial charge >= 0.3 is 0 Å². The Kier molecular flexibility index (Phi) is 5.31. The first-order valence-electron chi connectivity index (χ1n) is 9.35. The minimum Gasteiger partial charge on any atom is -0.384 e. The fraction of sp³-hybridized carbons (Fsp3) is 0.238. The highest BCUT2D eigenvalue weighted by Crippen LogP contribution is 2.35. The first kappa shape index (κ1) is 19.1. The van der Waals surface area contributed by atoms with Crippen molar-refractivity contribution in [3.8, 4) is 11.3 Å². The van der Waals surface area contributed by atoms with Gasteiger partial charge in [0.15, 0.2) is 0 Å². The zero-order valence-electron chi connectivity index (χ0n) is 16.0. The zero-order chi connectivity index (χ0) is 20.4. The standard InChI is InChI=1S/C21H21ClN6O/c1-14-3-4-19(23)26-20(14)15-12-18-16(11-17(15)22)21(25-13-24-18)28-8-6-27(7-9-28)5-2-10-29/h2-5,10-13H,6-9H2,1H3,(H2,23,26). The normalized spacial score (nSPS) is 14.7. The average Bonchev–Trinajstić information content (AvgIpc) is 2.73. The van der Waals surface area contributed by atoms with Crippen LogP contribution in [0.5, 0.6) is 0 Å². The van der Waals surface area contributed by atoms with Gasteiger partial charge in [0.2, 0.25) is 0 Å². The number of nitrogens with two attached hydrogens (primary N) is 1. The lowest BCUT2D eigenvalue weighted by molar-refractivity contribution is -0.104. The van der Waals surface area contributed by atoms with Crippen molar-refractivity contribution in [2.24, 2.45) is 0 Å². The Morgan fingerprint density at radius 1 is 1.14 bits per heavy atom. The summed E-state index contributed by atoms with van der Waals surface area (Å²) < 4.78 is 0. The molecule has 4 rings (SSSR count). The van der Waals surface area contributed by atoms with Crippen molar-refractivity contribution in [2.75, 3.05) is 36.8 Å². The summed E-state index contributed by atoms with van der Waals surface area (Å²) in [5, 5.41) is 1.49. The number of carbonyl (C=O) groups is 1. The van der Waals surface area contributed by atoms with Crippen LogP contribution in [0.25, 0.3) is 22.2 Å². The molecule has 8 heteroatoms. The number of rotatable bonds is 4. The van der Waals surface area contributed by atoms with E-state index in [-0.39, 0.29) is 0 Å². The number of aromatic nitrogens is 3. The lowest BCUT2D eigenvalue weighted by Gasteiger charge is -2.35. The Morgan fingerprint density at radius 2 is 1.93 bits per heavy atom. The molecule has 148 valence electrons. The molecule has 1 saturated heterocycles. The second-order valence-corrected chi connectivity index (χ2v) is 7.36. The van der Waals surface area contributed by atoms with Crippen LogP contribution in [0.2, 0.25) is 5.02 Å². The van der Waals surface area contributed by atoms with Gasteiger partial charge in [0.05, 0.1) is 16.2 Å². The Balaban J connectivity index is 1.70. The first-order chi connectivity index (χ1) is 14.1. The van der Waals surface area contributed by atoms with Crippen LogP contribution in [-0.4, -0.2) is 52.3 Å². The number of pyridine rings is 1. The van der Waals surface area contributed by atoms with E-state index < -0.39 is 0 Å². The summed E-state index contributed by atoms with van der Waals surface area (Å²) in [6.45, 7) is 5.20. The number of halogens is 1. The van der Waals surface area contributed by atoms with E-state index in [0.717, 1.165) is 66.0 Å². The second kappa shape index (κ2) is 8.05. The summed E-state index contributed by atoms with van der Waals surface area (Å²) in [7, 11) is 0. The molecule has 1 aromatic carbocycles. The van der Waals surface area contributed by atoms with Crippen molar-refractivity contribution in [1.82, 2.24) is 19.9 Å². The predicted molar refractivity (Wildman–Crippen MR) is 116 cm³/mol. The summed E-state index contributed by atoms with van der Waals surface area (Å²) in [4.78, 5) is 28.3. The van der Waals surface area contributed by atoms with Gasteiger partial charge in [0.25, 0.3) is 0 Å². The van der Waals surface area contributed by atoms with Crippen LogP contribution in [-0.2, 0) is 4.79 Å². The SMILES string of the molecule is Cc1ccc(N)nc1-c1cc2ncnc(N3CCN(C=CC=O)CC3)c2cc1Cl. The van der Waals surface area contributed by atoms with Gasteiger partial charge in [-0.15, -0.1) is 0 Å². The molecular formula is C21H21ClN6O. The summed E-state index contributed by atoms with van der Waals surface area (Å²) in [6, 6.07) is 7.56. The van der Waals surface area contributed by atoms with Crippen molar-refractivity contribution in [2.45, 2.75) is 6.92 Å². The largest absolute Gasteiger partial charge is 0.384 e. The predicted octanol–water partition coefficient (Wildman–Crippen LogP) is 3.07. The fourth-order valence-electron chi connectivity index (χ4n) is 3.55. The molecule has 1 aliphatic heterocycles. The molecule has 3 heterocycles. The number of anilines is 2. The molecular weight excluding hydrogens is 388 g/mol. The van der Waals surface area contributed by atoms with E-state index >= 15 is 0 Å². The molecule has 0 spiro atoms. The number of nitrogens with zero attached hydrogens (tertiary/aromatic N) is 5. The van der Waals surface area contributed by atoms with Crippen LogP contribution in [0.1, 0.15) is 5.56 Å². The van der Waals surface area contributed by atoms with Gasteiger partial charge in [0.1, 0.15) is 24.2 Å². The van der Waals surface area contributed by atoms with Gasteiger partial charge in [-0.1, -0.05) is 17.7 Å². The van der Waals surface area contributed by atoms with Crippen LogP contribution in [0, 0.1) is 6.92 Å². The van der Waals surface area contributed by atoms with Crippen molar-refractivity contribution in [3.05, 3.63) is 53.5 Å². The van der Waals surface area contributed by atoms with Crippen LogP contribution in [0.15, 0.2) is 42.9 Å². The maximum Gasteiger partial charge on any atom is 0.144 e. The lowest BCUT2D eigenvalue weighted by Crippen LogP contribution is -2.44. The van der Waals surface area contributed by atoms with Gasteiger partial charge in [0, 0.05) is 43.3 Å². The van der Waals surface area contributed by atoms with Crippen LogP contribution in [0.3, 0.4) is 0 Å². The Bertz CT molecular complexity index is 1090. The lowest BCUT2D eigenvalue weighted by atomic mass is 10.0. The Hall–Kier alpha value is -3.19. The maximum absolute atomic E-state index is 10.5. The average molecular weight is 409 g/mol. The summed E-state index contributed by atoms with van der Waals surface area (Å²) in [6.07, 6.45) is 5.71. The van der Waals surface area contributed by atoms with Gasteiger partial charge in [-0.3, -0.25) is 4.79 Å². The number of piperazine rings is 1. The summed E-state index contributed by atoms with van der Waals surface area (Å²) >= 11 is 6.65. The highest BCUT2D eigenvalue weighted by Gasteiger charge is 2.20. The quantitative estimate of drug-likeness (QED) is 0.524. The number of benzene rings is 1. The molecule has 0 amide bonds.